The minimum atomic E-state index is -0.664. The van der Waals surface area contributed by atoms with E-state index in [1.54, 1.807) is 7.11 Å². The number of ether oxygens (including phenoxy) is 2. The van der Waals surface area contributed by atoms with Gasteiger partial charge in [-0.25, -0.2) is 0 Å². The Morgan fingerprint density at radius 2 is 2.00 bits per heavy atom. The fourth-order valence-electron chi connectivity index (χ4n) is 0.767. The van der Waals surface area contributed by atoms with Gasteiger partial charge in [0.1, 0.15) is 12.4 Å². The fourth-order valence-corrected chi connectivity index (χ4v) is 0.881. The van der Waals surface area contributed by atoms with Gasteiger partial charge in [0.2, 0.25) is 0 Å². The van der Waals surface area contributed by atoms with Crippen LogP contribution in [0.5, 0.6) is 5.75 Å². The van der Waals surface area contributed by atoms with Crippen molar-refractivity contribution in [2.24, 2.45) is 0 Å². The van der Waals surface area contributed by atoms with Crippen molar-refractivity contribution in [1.82, 2.24) is 0 Å². The summed E-state index contributed by atoms with van der Waals surface area (Å²) >= 11 is 3.28. The molecule has 1 aromatic rings. The lowest BCUT2D eigenvalue weighted by Gasteiger charge is -2.20. The Morgan fingerprint density at radius 1 is 1.38 bits per heavy atom. The SMILES string of the molecule is [CH2]C(Br)(COc1ccccc1)OC. The minimum absolute atomic E-state index is 0.369. The lowest BCUT2D eigenvalue weighted by molar-refractivity contribution is 0.0684. The maximum atomic E-state index is 5.43. The third kappa shape index (κ3) is 3.79. The van der Waals surface area contributed by atoms with E-state index < -0.39 is 4.51 Å². The number of hydrogen-bond acceptors (Lipinski definition) is 2. The highest BCUT2D eigenvalue weighted by atomic mass is 79.9. The summed E-state index contributed by atoms with van der Waals surface area (Å²) in [6.07, 6.45) is 0. The predicted molar refractivity (Wildman–Crippen MR) is 56.0 cm³/mol. The zero-order valence-corrected chi connectivity index (χ0v) is 9.08. The van der Waals surface area contributed by atoms with Crippen molar-refractivity contribution < 1.29 is 9.47 Å². The van der Waals surface area contributed by atoms with E-state index in [4.69, 9.17) is 9.47 Å². The number of para-hydroxylation sites is 1. The van der Waals surface area contributed by atoms with Gasteiger partial charge in [0.05, 0.1) is 0 Å². The number of hydrogen-bond donors (Lipinski definition) is 0. The van der Waals surface area contributed by atoms with Crippen LogP contribution in [-0.2, 0) is 4.74 Å². The molecule has 0 bridgehead atoms. The van der Waals surface area contributed by atoms with Gasteiger partial charge in [-0.15, -0.1) is 0 Å². The van der Waals surface area contributed by atoms with Crippen LogP contribution in [0.25, 0.3) is 0 Å². The van der Waals surface area contributed by atoms with Crippen LogP contribution in [-0.4, -0.2) is 18.2 Å². The second-order valence-electron chi connectivity index (χ2n) is 2.69. The molecule has 1 radical (unpaired) electrons. The Kier molecular flexibility index (Phi) is 3.75. The van der Waals surface area contributed by atoms with Gasteiger partial charge in [-0.3, -0.25) is 0 Å². The number of benzene rings is 1. The van der Waals surface area contributed by atoms with E-state index >= 15 is 0 Å². The maximum Gasteiger partial charge on any atom is 0.156 e. The third-order valence-corrected chi connectivity index (χ3v) is 2.12. The van der Waals surface area contributed by atoms with Gasteiger partial charge in [0.15, 0.2) is 4.51 Å². The van der Waals surface area contributed by atoms with Crippen LogP contribution in [0.3, 0.4) is 0 Å². The first-order chi connectivity index (χ1) is 6.14. The summed E-state index contributed by atoms with van der Waals surface area (Å²) in [7, 11) is 1.58. The summed E-state index contributed by atoms with van der Waals surface area (Å²) in [6.45, 7) is 4.14. The summed E-state index contributed by atoms with van der Waals surface area (Å²) < 4.78 is 9.80. The van der Waals surface area contributed by atoms with E-state index in [2.05, 4.69) is 22.9 Å². The van der Waals surface area contributed by atoms with Crippen LogP contribution in [0, 0.1) is 6.92 Å². The van der Waals surface area contributed by atoms with Gasteiger partial charge in [-0.1, -0.05) is 34.1 Å². The molecule has 13 heavy (non-hydrogen) atoms. The summed E-state index contributed by atoms with van der Waals surface area (Å²) in [5, 5.41) is 0. The van der Waals surface area contributed by atoms with E-state index in [1.807, 2.05) is 30.3 Å². The van der Waals surface area contributed by atoms with Crippen LogP contribution >= 0.6 is 15.9 Å². The van der Waals surface area contributed by atoms with Gasteiger partial charge < -0.3 is 9.47 Å². The second-order valence-corrected chi connectivity index (χ2v) is 4.13. The molecule has 0 aliphatic heterocycles. The Morgan fingerprint density at radius 3 is 2.54 bits per heavy atom. The first-order valence-electron chi connectivity index (χ1n) is 3.91. The highest BCUT2D eigenvalue weighted by Gasteiger charge is 2.19. The van der Waals surface area contributed by atoms with E-state index in [0.717, 1.165) is 5.75 Å². The Hall–Kier alpha value is -0.540. The Balaban J connectivity index is 2.44. The standard InChI is InChI=1S/C10H12BrO2/c1-10(11,12-2)8-13-9-6-4-3-5-7-9/h3-7H,1,8H2,2H3. The van der Waals surface area contributed by atoms with Gasteiger partial charge in [0.25, 0.3) is 0 Å². The van der Waals surface area contributed by atoms with Crippen molar-refractivity contribution >= 4 is 15.9 Å². The lowest BCUT2D eigenvalue weighted by atomic mass is 10.3. The van der Waals surface area contributed by atoms with Crippen molar-refractivity contribution in [1.29, 1.82) is 0 Å². The molecular weight excluding hydrogens is 232 g/mol. The monoisotopic (exact) mass is 243 g/mol. The number of methoxy groups -OCH3 is 1. The fraction of sp³-hybridized carbons (Fsp3) is 0.300. The number of alkyl halides is 1. The maximum absolute atomic E-state index is 5.43. The molecule has 1 unspecified atom stereocenters. The molecule has 1 atom stereocenters. The lowest BCUT2D eigenvalue weighted by Crippen LogP contribution is -2.27. The molecule has 0 amide bonds. The first kappa shape index (κ1) is 10.5. The molecule has 0 aliphatic rings. The zero-order valence-electron chi connectivity index (χ0n) is 7.50. The van der Waals surface area contributed by atoms with Crippen LogP contribution in [0.4, 0.5) is 0 Å². The number of halogens is 1. The Labute approximate surface area is 87.0 Å². The van der Waals surface area contributed by atoms with Crippen LogP contribution < -0.4 is 4.74 Å². The van der Waals surface area contributed by atoms with Crippen molar-refractivity contribution in [3.8, 4) is 5.75 Å². The number of rotatable bonds is 4. The van der Waals surface area contributed by atoms with Crippen LogP contribution in [0.15, 0.2) is 30.3 Å². The zero-order chi connectivity index (χ0) is 9.73. The van der Waals surface area contributed by atoms with E-state index in [-0.39, 0.29) is 0 Å². The average molecular weight is 244 g/mol. The molecule has 1 aromatic carbocycles. The first-order valence-corrected chi connectivity index (χ1v) is 4.70. The molecule has 0 saturated carbocycles. The summed E-state index contributed by atoms with van der Waals surface area (Å²) in [4.78, 5) is 0. The van der Waals surface area contributed by atoms with Crippen LogP contribution in [0.2, 0.25) is 0 Å². The topological polar surface area (TPSA) is 18.5 Å². The molecule has 2 nitrogen and oxygen atoms in total. The van der Waals surface area contributed by atoms with Crippen LogP contribution in [0.1, 0.15) is 0 Å². The molecule has 71 valence electrons. The quantitative estimate of drug-likeness (QED) is 0.758. The predicted octanol–water partition coefficient (Wildman–Crippen LogP) is 2.64. The molecule has 0 heterocycles. The Bertz CT molecular complexity index is 246. The highest BCUT2D eigenvalue weighted by molar-refractivity contribution is 9.10. The molecule has 3 heteroatoms. The summed E-state index contributed by atoms with van der Waals surface area (Å²) in [5.74, 6) is 0.812. The normalized spacial score (nSPS) is 15.0. The van der Waals surface area contributed by atoms with Gasteiger partial charge in [-0.05, 0) is 19.1 Å². The summed E-state index contributed by atoms with van der Waals surface area (Å²) in [5.41, 5.74) is 0. The molecular formula is C10H12BrO2. The smallest absolute Gasteiger partial charge is 0.156 e. The van der Waals surface area contributed by atoms with Crippen molar-refractivity contribution in [2.45, 2.75) is 4.51 Å². The average Bonchev–Trinajstić information content (AvgIpc) is 2.17. The largest absolute Gasteiger partial charge is 0.490 e. The van der Waals surface area contributed by atoms with Gasteiger partial charge in [-0.2, -0.15) is 0 Å². The van der Waals surface area contributed by atoms with Crippen molar-refractivity contribution in [2.75, 3.05) is 13.7 Å². The summed E-state index contributed by atoms with van der Waals surface area (Å²) in [6, 6.07) is 9.55. The molecule has 0 aliphatic carbocycles. The molecule has 0 spiro atoms. The van der Waals surface area contributed by atoms with E-state index in [9.17, 15) is 0 Å². The molecule has 1 rings (SSSR count). The third-order valence-electron chi connectivity index (χ3n) is 1.56. The molecule has 0 saturated heterocycles. The molecule has 0 fully saturated rings. The van der Waals surface area contributed by atoms with E-state index in [1.165, 1.54) is 0 Å². The van der Waals surface area contributed by atoms with Crippen molar-refractivity contribution in [3.05, 3.63) is 37.3 Å². The highest BCUT2D eigenvalue weighted by Crippen LogP contribution is 2.19. The van der Waals surface area contributed by atoms with E-state index in [0.29, 0.717) is 6.61 Å². The molecule has 0 N–H and O–H groups in total. The van der Waals surface area contributed by atoms with Gasteiger partial charge in [0, 0.05) is 7.11 Å². The van der Waals surface area contributed by atoms with Crippen molar-refractivity contribution in [3.63, 3.8) is 0 Å². The molecule has 0 aromatic heterocycles. The second kappa shape index (κ2) is 4.63. The van der Waals surface area contributed by atoms with Gasteiger partial charge >= 0.3 is 0 Å². The minimum Gasteiger partial charge on any atom is -0.490 e.